The fourth-order valence-corrected chi connectivity index (χ4v) is 3.97. The van der Waals surface area contributed by atoms with Crippen LogP contribution < -0.4 is 10.1 Å². The predicted octanol–water partition coefficient (Wildman–Crippen LogP) is 5.52. The second-order valence-electron chi connectivity index (χ2n) is 7.02. The SMILES string of the molecule is COc1cccc(CNC(=O)c2cc(-c3cccs3)nc3cc(C)c(C)cc23)c1. The van der Waals surface area contributed by atoms with Crippen LogP contribution in [0, 0.1) is 13.8 Å². The second kappa shape index (κ2) is 8.05. The Hall–Kier alpha value is -3.18. The first-order chi connectivity index (χ1) is 14.0. The highest BCUT2D eigenvalue weighted by atomic mass is 32.1. The molecule has 2 aromatic carbocycles. The molecule has 2 aromatic heterocycles. The Balaban J connectivity index is 1.72. The summed E-state index contributed by atoms with van der Waals surface area (Å²) in [6.07, 6.45) is 0. The highest BCUT2D eigenvalue weighted by Crippen LogP contribution is 2.29. The van der Waals surface area contributed by atoms with Crippen LogP contribution in [0.5, 0.6) is 5.75 Å². The molecule has 0 unspecified atom stereocenters. The molecule has 1 amide bonds. The van der Waals surface area contributed by atoms with Crippen LogP contribution in [0.4, 0.5) is 0 Å². The van der Waals surface area contributed by atoms with E-state index >= 15 is 0 Å². The van der Waals surface area contributed by atoms with Gasteiger partial charge in [0.05, 0.1) is 28.8 Å². The van der Waals surface area contributed by atoms with Gasteiger partial charge < -0.3 is 10.1 Å². The van der Waals surface area contributed by atoms with Crippen LogP contribution >= 0.6 is 11.3 Å². The van der Waals surface area contributed by atoms with Crippen LogP contribution in [0.15, 0.2) is 60.0 Å². The van der Waals surface area contributed by atoms with Crippen molar-refractivity contribution >= 4 is 28.1 Å². The maximum atomic E-state index is 13.1. The monoisotopic (exact) mass is 402 g/mol. The molecule has 4 nitrogen and oxygen atoms in total. The van der Waals surface area contributed by atoms with Gasteiger partial charge in [-0.2, -0.15) is 0 Å². The van der Waals surface area contributed by atoms with Crippen molar-refractivity contribution in [2.45, 2.75) is 20.4 Å². The van der Waals surface area contributed by atoms with Crippen molar-refractivity contribution in [3.8, 4) is 16.3 Å². The second-order valence-corrected chi connectivity index (χ2v) is 7.97. The lowest BCUT2D eigenvalue weighted by Gasteiger charge is -2.12. The summed E-state index contributed by atoms with van der Waals surface area (Å²) in [6.45, 7) is 4.55. The van der Waals surface area contributed by atoms with Crippen LogP contribution in [0.25, 0.3) is 21.5 Å². The highest BCUT2D eigenvalue weighted by molar-refractivity contribution is 7.13. The Kier molecular flexibility index (Phi) is 5.32. The summed E-state index contributed by atoms with van der Waals surface area (Å²) in [5.41, 5.74) is 5.60. The number of aryl methyl sites for hydroxylation is 2. The molecule has 0 aliphatic rings. The summed E-state index contributed by atoms with van der Waals surface area (Å²) in [4.78, 5) is 19.0. The first kappa shape index (κ1) is 19.2. The predicted molar refractivity (Wildman–Crippen MR) is 119 cm³/mol. The number of benzene rings is 2. The number of ether oxygens (including phenoxy) is 1. The lowest BCUT2D eigenvalue weighted by molar-refractivity contribution is 0.0952. The first-order valence-electron chi connectivity index (χ1n) is 9.42. The van der Waals surface area contributed by atoms with E-state index in [0.717, 1.165) is 43.9 Å². The van der Waals surface area contributed by atoms with Crippen molar-refractivity contribution in [1.29, 1.82) is 0 Å². The quantitative estimate of drug-likeness (QED) is 0.478. The molecule has 0 atom stereocenters. The van der Waals surface area contributed by atoms with Crippen molar-refractivity contribution in [1.82, 2.24) is 10.3 Å². The molecule has 146 valence electrons. The Morgan fingerprint density at radius 3 is 2.66 bits per heavy atom. The van der Waals surface area contributed by atoms with Gasteiger partial charge in [0.1, 0.15) is 5.75 Å². The average Bonchev–Trinajstić information content (AvgIpc) is 3.27. The molecule has 29 heavy (non-hydrogen) atoms. The maximum absolute atomic E-state index is 13.1. The number of nitrogens with one attached hydrogen (secondary N) is 1. The van der Waals surface area contributed by atoms with E-state index in [-0.39, 0.29) is 5.91 Å². The summed E-state index contributed by atoms with van der Waals surface area (Å²) < 4.78 is 5.27. The number of methoxy groups -OCH3 is 1. The molecular weight excluding hydrogens is 380 g/mol. The highest BCUT2D eigenvalue weighted by Gasteiger charge is 2.15. The van der Waals surface area contributed by atoms with E-state index < -0.39 is 0 Å². The minimum atomic E-state index is -0.110. The number of nitrogens with zero attached hydrogens (tertiary/aromatic N) is 1. The lowest BCUT2D eigenvalue weighted by atomic mass is 10.0. The van der Waals surface area contributed by atoms with Crippen LogP contribution in [0.1, 0.15) is 27.0 Å². The maximum Gasteiger partial charge on any atom is 0.252 e. The minimum Gasteiger partial charge on any atom is -0.497 e. The van der Waals surface area contributed by atoms with Gasteiger partial charge in [0.15, 0.2) is 0 Å². The zero-order valence-corrected chi connectivity index (χ0v) is 17.5. The fourth-order valence-electron chi connectivity index (χ4n) is 3.28. The van der Waals surface area contributed by atoms with Crippen molar-refractivity contribution < 1.29 is 9.53 Å². The molecule has 0 aliphatic carbocycles. The molecule has 0 fully saturated rings. The van der Waals surface area contributed by atoms with Crippen molar-refractivity contribution in [3.05, 3.63) is 82.2 Å². The molecule has 5 heteroatoms. The summed E-state index contributed by atoms with van der Waals surface area (Å²) in [6, 6.07) is 17.7. The van der Waals surface area contributed by atoms with Crippen LogP contribution in [-0.4, -0.2) is 18.0 Å². The summed E-state index contributed by atoms with van der Waals surface area (Å²) >= 11 is 1.62. The third-order valence-electron chi connectivity index (χ3n) is 5.03. The summed E-state index contributed by atoms with van der Waals surface area (Å²) in [5.74, 6) is 0.665. The number of fused-ring (bicyclic) bond motifs is 1. The topological polar surface area (TPSA) is 51.2 Å². The number of hydrogen-bond donors (Lipinski definition) is 1. The van der Waals surface area contributed by atoms with E-state index in [9.17, 15) is 4.79 Å². The standard InChI is InChI=1S/C24H22N2O2S/c1-15-10-19-20(24(27)25-14-17-6-4-7-18(12-17)28-3)13-22(23-8-5-9-29-23)26-21(19)11-16(15)2/h4-13H,14H2,1-3H3,(H,25,27). The molecular formula is C24H22N2O2S. The Morgan fingerprint density at radius 2 is 1.90 bits per heavy atom. The number of pyridine rings is 1. The fraction of sp³-hybridized carbons (Fsp3) is 0.167. The third kappa shape index (κ3) is 4.00. The van der Waals surface area contributed by atoms with Gasteiger partial charge in [-0.15, -0.1) is 11.3 Å². The molecule has 0 spiro atoms. The van der Waals surface area contributed by atoms with Gasteiger partial charge in [0.2, 0.25) is 0 Å². The number of hydrogen-bond acceptors (Lipinski definition) is 4. The number of carbonyl (C=O) groups is 1. The van der Waals surface area contributed by atoms with Crippen molar-refractivity contribution in [2.24, 2.45) is 0 Å². The molecule has 1 N–H and O–H groups in total. The van der Waals surface area contributed by atoms with Gasteiger partial charge >= 0.3 is 0 Å². The molecule has 0 saturated heterocycles. The van der Waals surface area contributed by atoms with Crippen LogP contribution in [-0.2, 0) is 6.54 Å². The molecule has 0 radical (unpaired) electrons. The largest absolute Gasteiger partial charge is 0.497 e. The molecule has 0 saturated carbocycles. The first-order valence-corrected chi connectivity index (χ1v) is 10.3. The van der Waals surface area contributed by atoms with Crippen molar-refractivity contribution in [2.75, 3.05) is 7.11 Å². The summed E-state index contributed by atoms with van der Waals surface area (Å²) in [7, 11) is 1.64. The molecule has 4 rings (SSSR count). The molecule has 4 aromatic rings. The zero-order chi connectivity index (χ0) is 20.4. The third-order valence-corrected chi connectivity index (χ3v) is 5.92. The van der Waals surface area contributed by atoms with E-state index in [0.29, 0.717) is 12.1 Å². The van der Waals surface area contributed by atoms with E-state index in [2.05, 4.69) is 31.3 Å². The number of rotatable bonds is 5. The minimum absolute atomic E-state index is 0.110. The lowest BCUT2D eigenvalue weighted by Crippen LogP contribution is -2.23. The van der Waals surface area contributed by atoms with Gasteiger partial charge in [0, 0.05) is 11.9 Å². The normalized spacial score (nSPS) is 10.9. The van der Waals surface area contributed by atoms with Gasteiger partial charge in [-0.3, -0.25) is 4.79 Å². The number of aromatic nitrogens is 1. The van der Waals surface area contributed by atoms with E-state index in [4.69, 9.17) is 9.72 Å². The zero-order valence-electron chi connectivity index (χ0n) is 16.7. The van der Waals surface area contributed by atoms with Gasteiger partial charge in [-0.1, -0.05) is 18.2 Å². The Morgan fingerprint density at radius 1 is 1.07 bits per heavy atom. The van der Waals surface area contributed by atoms with Crippen molar-refractivity contribution in [3.63, 3.8) is 0 Å². The van der Waals surface area contributed by atoms with Gasteiger partial charge in [-0.05, 0) is 72.3 Å². The van der Waals surface area contributed by atoms with E-state index in [1.54, 1.807) is 18.4 Å². The van der Waals surface area contributed by atoms with Gasteiger partial charge in [-0.25, -0.2) is 4.98 Å². The van der Waals surface area contributed by atoms with Crippen LogP contribution in [0.3, 0.4) is 0 Å². The smallest absolute Gasteiger partial charge is 0.252 e. The van der Waals surface area contributed by atoms with Crippen LogP contribution in [0.2, 0.25) is 0 Å². The van der Waals surface area contributed by atoms with E-state index in [1.165, 1.54) is 0 Å². The Labute approximate surface area is 174 Å². The molecule has 2 heterocycles. The average molecular weight is 403 g/mol. The number of amides is 1. The summed E-state index contributed by atoms with van der Waals surface area (Å²) in [5, 5.41) is 5.94. The Bertz CT molecular complexity index is 1180. The van der Waals surface area contributed by atoms with Gasteiger partial charge in [0.25, 0.3) is 5.91 Å². The molecule has 0 aliphatic heterocycles. The van der Waals surface area contributed by atoms with E-state index in [1.807, 2.05) is 47.8 Å². The number of thiophene rings is 1. The number of carbonyl (C=O) groups excluding carboxylic acids is 1. The molecule has 0 bridgehead atoms.